The van der Waals surface area contributed by atoms with E-state index in [9.17, 15) is 30.9 Å². The predicted molar refractivity (Wildman–Crippen MR) is 79.3 cm³/mol. The fraction of sp³-hybridized carbons (Fsp3) is 0.308. The fourth-order valence-electron chi connectivity index (χ4n) is 1.99. The first-order valence-corrected chi connectivity index (χ1v) is 8.49. The van der Waals surface area contributed by atoms with E-state index in [0.717, 1.165) is 29.3 Å². The Hall–Kier alpha value is -0.980. The van der Waals surface area contributed by atoms with Gasteiger partial charge in [-0.25, -0.2) is 13.2 Å². The van der Waals surface area contributed by atoms with Crippen LogP contribution in [0.4, 0.5) is 18.0 Å². The summed E-state index contributed by atoms with van der Waals surface area (Å²) in [6.45, 7) is 1.33. The average Bonchev–Trinajstić information content (AvgIpc) is 2.47. The van der Waals surface area contributed by atoms with E-state index in [-0.39, 0.29) is 35.3 Å². The van der Waals surface area contributed by atoms with Crippen LogP contribution in [0, 0.1) is 0 Å². The SMILES string of the molecule is CC(Oc1cccc(C(F)(F)F)c1)N1C=C(Cl)C(S(=O)(=O)[O-])NC1=O.[Na+]. The Balaban J connectivity index is 0.00000338. The van der Waals surface area contributed by atoms with Crippen molar-refractivity contribution < 1.29 is 65.2 Å². The van der Waals surface area contributed by atoms with Crippen molar-refractivity contribution in [3.8, 4) is 5.75 Å². The number of benzene rings is 1. The zero-order valence-electron chi connectivity index (χ0n) is 13.5. The molecule has 2 amide bonds. The number of rotatable bonds is 4. The summed E-state index contributed by atoms with van der Waals surface area (Å²) in [5, 5.41) is -0.525. The van der Waals surface area contributed by atoms with E-state index in [0.29, 0.717) is 0 Å². The van der Waals surface area contributed by atoms with Gasteiger partial charge in [0.05, 0.1) is 10.6 Å². The molecule has 0 spiro atoms. The van der Waals surface area contributed by atoms with E-state index in [1.54, 1.807) is 0 Å². The largest absolute Gasteiger partial charge is 1.00 e. The smallest absolute Gasteiger partial charge is 0.746 e. The van der Waals surface area contributed by atoms with Crippen LogP contribution in [0.5, 0.6) is 5.75 Å². The minimum Gasteiger partial charge on any atom is -0.746 e. The molecule has 0 fully saturated rings. The number of hydrogen-bond acceptors (Lipinski definition) is 5. The summed E-state index contributed by atoms with van der Waals surface area (Å²) in [4.78, 5) is 12.7. The van der Waals surface area contributed by atoms with Gasteiger partial charge in [0.25, 0.3) is 0 Å². The Kier molecular flexibility index (Phi) is 7.41. The molecule has 26 heavy (non-hydrogen) atoms. The maximum atomic E-state index is 12.7. The summed E-state index contributed by atoms with van der Waals surface area (Å²) in [6.07, 6.45) is -4.82. The topological polar surface area (TPSA) is 98.8 Å². The van der Waals surface area contributed by atoms with Gasteiger partial charge in [-0.1, -0.05) is 17.7 Å². The van der Waals surface area contributed by atoms with Crippen molar-refractivity contribution in [3.05, 3.63) is 41.1 Å². The summed E-state index contributed by atoms with van der Waals surface area (Å²) in [5.74, 6) is -0.168. The van der Waals surface area contributed by atoms with Crippen molar-refractivity contribution >= 4 is 27.8 Å². The van der Waals surface area contributed by atoms with Crippen molar-refractivity contribution in [2.24, 2.45) is 0 Å². The normalized spacial score (nSPS) is 19.2. The molecule has 1 N–H and O–H groups in total. The molecule has 1 aliphatic heterocycles. The second-order valence-electron chi connectivity index (χ2n) is 4.99. The van der Waals surface area contributed by atoms with Crippen LogP contribution in [0.1, 0.15) is 12.5 Å². The molecule has 0 bridgehead atoms. The third kappa shape index (κ3) is 5.51. The average molecular weight is 423 g/mol. The maximum Gasteiger partial charge on any atom is 1.00 e. The summed E-state index contributed by atoms with van der Waals surface area (Å²) in [7, 11) is -4.91. The van der Waals surface area contributed by atoms with Crippen LogP contribution in [0.2, 0.25) is 0 Å². The van der Waals surface area contributed by atoms with Crippen LogP contribution < -0.4 is 39.6 Å². The van der Waals surface area contributed by atoms with Gasteiger partial charge in [0.1, 0.15) is 15.9 Å². The molecule has 2 unspecified atom stereocenters. The number of urea groups is 1. The molecule has 13 heteroatoms. The molecule has 0 aromatic heterocycles. The van der Waals surface area contributed by atoms with E-state index in [1.807, 2.05) is 5.32 Å². The third-order valence-corrected chi connectivity index (χ3v) is 4.54. The van der Waals surface area contributed by atoms with Crippen LogP contribution in [-0.2, 0) is 16.3 Å². The summed E-state index contributed by atoms with van der Waals surface area (Å²) < 4.78 is 76.3. The van der Waals surface area contributed by atoms with E-state index in [1.165, 1.54) is 13.0 Å². The van der Waals surface area contributed by atoms with Gasteiger partial charge in [0.15, 0.2) is 11.6 Å². The van der Waals surface area contributed by atoms with E-state index < -0.39 is 44.5 Å². The number of alkyl halides is 3. The number of ether oxygens (including phenoxy) is 1. The van der Waals surface area contributed by atoms with Gasteiger partial charge in [-0.15, -0.1) is 0 Å². The minimum absolute atomic E-state index is 0. The quantitative estimate of drug-likeness (QED) is 0.516. The molecule has 1 heterocycles. The molecule has 1 aromatic rings. The van der Waals surface area contributed by atoms with Crippen molar-refractivity contribution in [1.82, 2.24) is 10.2 Å². The number of hydrogen-bond donors (Lipinski definition) is 1. The van der Waals surface area contributed by atoms with Gasteiger partial charge in [0, 0.05) is 6.20 Å². The third-order valence-electron chi connectivity index (χ3n) is 3.15. The van der Waals surface area contributed by atoms with Gasteiger partial charge in [-0.05, 0) is 25.1 Å². The molecule has 0 saturated heterocycles. The summed E-state index contributed by atoms with van der Waals surface area (Å²) >= 11 is 5.68. The number of carbonyl (C=O) groups is 1. The molecule has 1 aliphatic rings. The molecule has 0 saturated carbocycles. The van der Waals surface area contributed by atoms with Crippen molar-refractivity contribution in [2.45, 2.75) is 24.7 Å². The number of carbonyl (C=O) groups excluding carboxylic acids is 1. The van der Waals surface area contributed by atoms with Crippen molar-refractivity contribution in [1.29, 1.82) is 0 Å². The second-order valence-corrected chi connectivity index (χ2v) is 6.88. The Labute approximate surface area is 174 Å². The Morgan fingerprint density at radius 2 is 2.00 bits per heavy atom. The van der Waals surface area contributed by atoms with E-state index >= 15 is 0 Å². The maximum absolute atomic E-state index is 12.7. The van der Waals surface area contributed by atoms with Crippen LogP contribution >= 0.6 is 11.6 Å². The number of nitrogens with zero attached hydrogens (tertiary/aromatic N) is 1. The van der Waals surface area contributed by atoms with Gasteiger partial charge in [-0.2, -0.15) is 13.2 Å². The van der Waals surface area contributed by atoms with Gasteiger partial charge in [0.2, 0.25) is 0 Å². The molecular formula is C13H11ClF3N2NaO5S. The Bertz CT molecular complexity index is 818. The van der Waals surface area contributed by atoms with Crippen LogP contribution in [-0.4, -0.2) is 35.5 Å². The number of halogens is 4. The zero-order chi connectivity index (χ0) is 19.0. The molecule has 0 aliphatic carbocycles. The zero-order valence-corrected chi connectivity index (χ0v) is 17.0. The molecule has 1 aromatic carbocycles. The minimum atomic E-state index is -4.91. The second kappa shape index (κ2) is 8.36. The molecule has 2 rings (SSSR count). The number of nitrogens with one attached hydrogen (secondary N) is 1. The summed E-state index contributed by atoms with van der Waals surface area (Å²) in [6, 6.07) is 2.97. The van der Waals surface area contributed by atoms with Crippen LogP contribution in [0.3, 0.4) is 0 Å². The van der Waals surface area contributed by atoms with Crippen molar-refractivity contribution in [2.75, 3.05) is 0 Å². The monoisotopic (exact) mass is 422 g/mol. The first-order valence-electron chi connectivity index (χ1n) is 6.64. The van der Waals surface area contributed by atoms with Gasteiger partial charge < -0.3 is 14.6 Å². The predicted octanol–water partition coefficient (Wildman–Crippen LogP) is -0.589. The standard InChI is InChI=1S/C13H12ClF3N2O5S.Na/c1-7(24-9-4-2-3-8(5-9)13(15,16)17)19-6-10(14)11(18-12(19)20)25(21,22)23;/h2-7,11H,1H3,(H,18,20)(H,21,22,23);/q;+1/p-1. The van der Waals surface area contributed by atoms with Gasteiger partial charge >= 0.3 is 41.8 Å². The molecular weight excluding hydrogens is 412 g/mol. The fourth-order valence-corrected chi connectivity index (χ4v) is 3.06. The molecule has 2 atom stereocenters. The van der Waals surface area contributed by atoms with E-state index in [4.69, 9.17) is 16.3 Å². The van der Waals surface area contributed by atoms with Crippen molar-refractivity contribution in [3.63, 3.8) is 0 Å². The van der Waals surface area contributed by atoms with Crippen LogP contribution in [0.15, 0.2) is 35.5 Å². The Morgan fingerprint density at radius 3 is 2.54 bits per heavy atom. The van der Waals surface area contributed by atoms with E-state index in [2.05, 4.69) is 0 Å². The first-order chi connectivity index (χ1) is 11.4. The molecule has 7 nitrogen and oxygen atoms in total. The Morgan fingerprint density at radius 1 is 1.38 bits per heavy atom. The van der Waals surface area contributed by atoms with Crippen LogP contribution in [0.25, 0.3) is 0 Å². The molecule has 138 valence electrons. The summed E-state index contributed by atoms with van der Waals surface area (Å²) in [5.41, 5.74) is -0.939. The number of amides is 2. The first kappa shape index (κ1) is 23.1. The van der Waals surface area contributed by atoms with Gasteiger partial charge in [-0.3, -0.25) is 4.90 Å². The molecule has 0 radical (unpaired) electrons.